The number of methoxy groups -OCH3 is 2. The van der Waals surface area contributed by atoms with Crippen molar-refractivity contribution in [2.24, 2.45) is 0 Å². The van der Waals surface area contributed by atoms with Crippen LogP contribution in [-0.4, -0.2) is 41.7 Å². The number of rotatable bonds is 10. The van der Waals surface area contributed by atoms with Crippen LogP contribution in [0.4, 0.5) is 11.4 Å². The number of hydrogen-bond donors (Lipinski definition) is 1. The molecule has 0 spiro atoms. The summed E-state index contributed by atoms with van der Waals surface area (Å²) in [6, 6.07) is 15.8. The number of nitrogens with zero attached hydrogens (tertiary/aromatic N) is 1. The first kappa shape index (κ1) is 26.2. The van der Waals surface area contributed by atoms with E-state index in [-0.39, 0.29) is 10.6 Å². The first-order valence-corrected chi connectivity index (χ1v) is 12.6. The van der Waals surface area contributed by atoms with Crippen molar-refractivity contribution in [1.29, 1.82) is 0 Å². The van der Waals surface area contributed by atoms with Crippen LogP contribution < -0.4 is 23.8 Å². The van der Waals surface area contributed by atoms with Crippen molar-refractivity contribution in [2.45, 2.75) is 18.7 Å². The lowest BCUT2D eigenvalue weighted by atomic mass is 10.2. The number of carbonyl (C=O) groups is 1. The van der Waals surface area contributed by atoms with E-state index in [1.165, 1.54) is 32.4 Å². The summed E-state index contributed by atoms with van der Waals surface area (Å²) in [5.74, 6) is 0.680. The van der Waals surface area contributed by atoms with Crippen molar-refractivity contribution >= 4 is 38.9 Å². The zero-order valence-corrected chi connectivity index (χ0v) is 21.4. The van der Waals surface area contributed by atoms with Crippen LogP contribution in [0.5, 0.6) is 17.2 Å². The molecule has 0 aliphatic rings. The Kier molecular flexibility index (Phi) is 8.48. The topological polar surface area (TPSA) is 94.2 Å². The minimum Gasteiger partial charge on any atom is -0.494 e. The third-order valence-electron chi connectivity index (χ3n) is 5.21. The molecule has 3 rings (SSSR count). The van der Waals surface area contributed by atoms with Crippen LogP contribution in [0.1, 0.15) is 12.5 Å². The fraction of sp³-hybridized carbons (Fsp3) is 0.240. The van der Waals surface area contributed by atoms with Crippen LogP contribution in [-0.2, 0) is 14.8 Å². The number of anilines is 2. The van der Waals surface area contributed by atoms with Gasteiger partial charge < -0.3 is 19.5 Å². The molecular weight excluding hydrogens is 492 g/mol. The van der Waals surface area contributed by atoms with Gasteiger partial charge in [-0.2, -0.15) is 0 Å². The molecule has 0 radical (unpaired) electrons. The van der Waals surface area contributed by atoms with Crippen molar-refractivity contribution in [1.82, 2.24) is 0 Å². The molecule has 0 aromatic heterocycles. The quantitative estimate of drug-likeness (QED) is 0.410. The first-order chi connectivity index (χ1) is 16.7. The molecule has 0 saturated carbocycles. The maximum absolute atomic E-state index is 13.7. The second-order valence-corrected chi connectivity index (χ2v) is 9.69. The molecule has 0 fully saturated rings. The number of benzene rings is 3. The monoisotopic (exact) mass is 518 g/mol. The molecule has 1 N–H and O–H groups in total. The second-order valence-electron chi connectivity index (χ2n) is 7.42. The molecule has 0 heterocycles. The minimum absolute atomic E-state index is 0.0595. The highest BCUT2D eigenvalue weighted by Crippen LogP contribution is 2.33. The van der Waals surface area contributed by atoms with Crippen LogP contribution in [0.25, 0.3) is 0 Å². The largest absolute Gasteiger partial charge is 0.494 e. The van der Waals surface area contributed by atoms with E-state index in [4.69, 9.17) is 25.8 Å². The molecule has 8 nitrogen and oxygen atoms in total. The van der Waals surface area contributed by atoms with E-state index in [1.54, 1.807) is 49.4 Å². The Balaban J connectivity index is 2.00. The third-order valence-corrected chi connectivity index (χ3v) is 7.39. The SMILES string of the molecule is CCOc1ccc(N(CC(=O)Nc2cccc(Cl)c2C)S(=O)(=O)c2ccc(OC)c(OC)c2)cc1. The predicted molar refractivity (Wildman–Crippen MR) is 137 cm³/mol. The normalized spacial score (nSPS) is 11.0. The summed E-state index contributed by atoms with van der Waals surface area (Å²) < 4.78 is 44.4. The van der Waals surface area contributed by atoms with Gasteiger partial charge in [0.2, 0.25) is 5.91 Å². The van der Waals surface area contributed by atoms with E-state index in [9.17, 15) is 13.2 Å². The van der Waals surface area contributed by atoms with Gasteiger partial charge in [-0.25, -0.2) is 8.42 Å². The van der Waals surface area contributed by atoms with Gasteiger partial charge in [-0.1, -0.05) is 17.7 Å². The highest BCUT2D eigenvalue weighted by Gasteiger charge is 2.28. The van der Waals surface area contributed by atoms with E-state index < -0.39 is 22.5 Å². The smallest absolute Gasteiger partial charge is 0.264 e. The Morgan fingerprint density at radius 1 is 1.00 bits per heavy atom. The summed E-state index contributed by atoms with van der Waals surface area (Å²) in [7, 11) is -1.30. The predicted octanol–water partition coefficient (Wildman–Crippen LogP) is 4.90. The lowest BCUT2D eigenvalue weighted by Crippen LogP contribution is -2.38. The summed E-state index contributed by atoms with van der Waals surface area (Å²) in [5.41, 5.74) is 1.47. The summed E-state index contributed by atoms with van der Waals surface area (Å²) in [6.07, 6.45) is 0. The van der Waals surface area contributed by atoms with Crippen LogP contribution in [0, 0.1) is 6.92 Å². The summed E-state index contributed by atoms with van der Waals surface area (Å²) in [6.45, 7) is 3.61. The number of ether oxygens (including phenoxy) is 3. The van der Waals surface area contributed by atoms with Gasteiger partial charge in [-0.3, -0.25) is 9.10 Å². The Morgan fingerprint density at radius 2 is 1.69 bits per heavy atom. The van der Waals surface area contributed by atoms with Gasteiger partial charge in [0.15, 0.2) is 11.5 Å². The maximum Gasteiger partial charge on any atom is 0.264 e. The Bertz CT molecular complexity index is 1300. The molecule has 1 amide bonds. The van der Waals surface area contributed by atoms with Gasteiger partial charge in [0.1, 0.15) is 12.3 Å². The number of hydrogen-bond acceptors (Lipinski definition) is 6. The Morgan fingerprint density at radius 3 is 2.31 bits per heavy atom. The zero-order valence-electron chi connectivity index (χ0n) is 19.9. The summed E-state index contributed by atoms with van der Waals surface area (Å²) >= 11 is 6.15. The van der Waals surface area contributed by atoms with Crippen LogP contribution in [0.3, 0.4) is 0 Å². The molecule has 0 saturated heterocycles. The van der Waals surface area contributed by atoms with Gasteiger partial charge in [-0.15, -0.1) is 0 Å². The van der Waals surface area contributed by atoms with Gasteiger partial charge in [0, 0.05) is 16.8 Å². The second kappa shape index (κ2) is 11.3. The Labute approximate surface area is 210 Å². The lowest BCUT2D eigenvalue weighted by Gasteiger charge is -2.25. The van der Waals surface area contributed by atoms with Crippen LogP contribution in [0.15, 0.2) is 65.6 Å². The van der Waals surface area contributed by atoms with Crippen LogP contribution in [0.2, 0.25) is 5.02 Å². The standard InChI is InChI=1S/C25H27ClN2O6S/c1-5-34-19-11-9-18(10-12-19)28(16-25(29)27-22-8-6-7-21(26)17(22)2)35(30,31)20-13-14-23(32-3)24(15-20)33-4/h6-15H,5,16H2,1-4H3,(H,27,29). The molecule has 186 valence electrons. The summed E-state index contributed by atoms with van der Waals surface area (Å²) in [5, 5.41) is 3.24. The van der Waals surface area contributed by atoms with E-state index in [0.29, 0.717) is 40.1 Å². The molecule has 0 aliphatic carbocycles. The van der Waals surface area contributed by atoms with Gasteiger partial charge in [0.05, 0.1) is 31.4 Å². The zero-order chi connectivity index (χ0) is 25.6. The van der Waals surface area contributed by atoms with Crippen molar-refractivity contribution < 1.29 is 27.4 Å². The molecule has 3 aromatic rings. The lowest BCUT2D eigenvalue weighted by molar-refractivity contribution is -0.114. The van der Waals surface area contributed by atoms with E-state index in [2.05, 4.69) is 5.32 Å². The highest BCUT2D eigenvalue weighted by molar-refractivity contribution is 7.92. The first-order valence-electron chi connectivity index (χ1n) is 10.7. The minimum atomic E-state index is -4.17. The molecule has 0 atom stereocenters. The fourth-order valence-electron chi connectivity index (χ4n) is 3.36. The summed E-state index contributed by atoms with van der Waals surface area (Å²) in [4.78, 5) is 12.9. The number of sulfonamides is 1. The maximum atomic E-state index is 13.7. The highest BCUT2D eigenvalue weighted by atomic mass is 35.5. The average Bonchev–Trinajstić information content (AvgIpc) is 2.85. The number of nitrogens with one attached hydrogen (secondary N) is 1. The molecule has 3 aromatic carbocycles. The molecule has 0 bridgehead atoms. The number of halogens is 1. The van der Waals surface area contributed by atoms with Gasteiger partial charge >= 0.3 is 0 Å². The van der Waals surface area contributed by atoms with Crippen molar-refractivity contribution in [3.8, 4) is 17.2 Å². The Hall–Kier alpha value is -3.43. The van der Waals surface area contributed by atoms with Crippen molar-refractivity contribution in [3.63, 3.8) is 0 Å². The van der Waals surface area contributed by atoms with Gasteiger partial charge in [0.25, 0.3) is 10.0 Å². The molecular formula is C25H27ClN2O6S. The molecule has 0 unspecified atom stereocenters. The van der Waals surface area contributed by atoms with E-state index in [0.717, 1.165) is 4.31 Å². The van der Waals surface area contributed by atoms with Crippen molar-refractivity contribution in [3.05, 3.63) is 71.2 Å². The molecule has 10 heteroatoms. The van der Waals surface area contributed by atoms with E-state index >= 15 is 0 Å². The number of amides is 1. The third kappa shape index (κ3) is 5.98. The van der Waals surface area contributed by atoms with E-state index in [1.807, 2.05) is 6.92 Å². The molecule has 0 aliphatic heterocycles. The van der Waals surface area contributed by atoms with Crippen LogP contribution >= 0.6 is 11.6 Å². The van der Waals surface area contributed by atoms with Gasteiger partial charge in [-0.05, 0) is 67.9 Å². The fourth-order valence-corrected chi connectivity index (χ4v) is 4.97. The molecule has 35 heavy (non-hydrogen) atoms. The van der Waals surface area contributed by atoms with Crippen molar-refractivity contribution in [2.75, 3.05) is 37.0 Å². The number of carbonyl (C=O) groups excluding carboxylic acids is 1. The average molecular weight is 519 g/mol.